The second kappa shape index (κ2) is 4.59. The third kappa shape index (κ3) is 1.85. The Morgan fingerprint density at radius 1 is 1.44 bits per heavy atom. The highest BCUT2D eigenvalue weighted by Gasteiger charge is 2.22. The zero-order chi connectivity index (χ0) is 12.5. The number of halogens is 1. The molecule has 18 heavy (non-hydrogen) atoms. The van der Waals surface area contributed by atoms with Crippen molar-refractivity contribution in [3.63, 3.8) is 0 Å². The van der Waals surface area contributed by atoms with Gasteiger partial charge in [-0.1, -0.05) is 11.6 Å². The van der Waals surface area contributed by atoms with Gasteiger partial charge in [0.2, 0.25) is 0 Å². The smallest absolute Gasteiger partial charge is 0.257 e. The minimum Gasteiger partial charge on any atom is -0.378 e. The summed E-state index contributed by atoms with van der Waals surface area (Å²) in [4.78, 5) is 21.4. The molecule has 1 N–H and O–H groups in total. The molecule has 0 saturated carbocycles. The van der Waals surface area contributed by atoms with E-state index in [-0.39, 0.29) is 5.91 Å². The Hall–Kier alpha value is -1.59. The first-order valence-electron chi connectivity index (χ1n) is 5.76. The zero-order valence-corrected chi connectivity index (χ0v) is 10.4. The number of amides is 1. The van der Waals surface area contributed by atoms with Crippen LogP contribution in [0.3, 0.4) is 0 Å². The molecule has 1 saturated heterocycles. The van der Waals surface area contributed by atoms with E-state index in [1.54, 1.807) is 23.4 Å². The predicted octanol–water partition coefficient (Wildman–Crippen LogP) is 1.69. The fraction of sp³-hybridized carbons (Fsp3) is 0.333. The summed E-state index contributed by atoms with van der Waals surface area (Å²) < 4.78 is 5.24. The molecule has 0 atom stereocenters. The van der Waals surface area contributed by atoms with Crippen molar-refractivity contribution in [1.29, 1.82) is 0 Å². The molecular formula is C12H12ClN3O2. The number of pyridine rings is 1. The molecular weight excluding hydrogens is 254 g/mol. The highest BCUT2D eigenvalue weighted by Crippen LogP contribution is 2.24. The molecule has 0 bridgehead atoms. The summed E-state index contributed by atoms with van der Waals surface area (Å²) in [7, 11) is 0. The van der Waals surface area contributed by atoms with Crippen molar-refractivity contribution in [2.45, 2.75) is 0 Å². The van der Waals surface area contributed by atoms with Crippen LogP contribution in [0.1, 0.15) is 10.4 Å². The fourth-order valence-corrected chi connectivity index (χ4v) is 2.29. The first-order chi connectivity index (χ1) is 8.77. The summed E-state index contributed by atoms with van der Waals surface area (Å²) in [5, 5.41) is 0.570. The highest BCUT2D eigenvalue weighted by molar-refractivity contribution is 6.35. The van der Waals surface area contributed by atoms with Crippen molar-refractivity contribution < 1.29 is 9.53 Å². The number of rotatable bonds is 1. The van der Waals surface area contributed by atoms with Crippen molar-refractivity contribution in [2.24, 2.45) is 0 Å². The topological polar surface area (TPSA) is 58.2 Å². The minimum atomic E-state index is -0.0284. The first kappa shape index (κ1) is 11.5. The van der Waals surface area contributed by atoms with Gasteiger partial charge in [0.05, 0.1) is 29.3 Å². The third-order valence-corrected chi connectivity index (χ3v) is 3.36. The number of aromatic amines is 1. The number of ether oxygens (including phenoxy) is 1. The van der Waals surface area contributed by atoms with Gasteiger partial charge in [-0.2, -0.15) is 0 Å². The highest BCUT2D eigenvalue weighted by atomic mass is 35.5. The Kier molecular flexibility index (Phi) is 2.93. The van der Waals surface area contributed by atoms with Crippen LogP contribution in [0, 0.1) is 0 Å². The zero-order valence-electron chi connectivity index (χ0n) is 9.65. The van der Waals surface area contributed by atoms with Crippen LogP contribution in [0.15, 0.2) is 18.5 Å². The molecule has 0 unspecified atom stereocenters. The normalized spacial score (nSPS) is 16.2. The molecule has 0 aromatic carbocycles. The largest absolute Gasteiger partial charge is 0.378 e. The van der Waals surface area contributed by atoms with Gasteiger partial charge in [-0.15, -0.1) is 0 Å². The van der Waals surface area contributed by atoms with Gasteiger partial charge in [-0.05, 0) is 6.07 Å². The molecule has 0 spiro atoms. The van der Waals surface area contributed by atoms with Gasteiger partial charge in [-0.3, -0.25) is 9.78 Å². The maximum atomic E-state index is 12.4. The van der Waals surface area contributed by atoms with E-state index in [1.807, 2.05) is 0 Å². The lowest BCUT2D eigenvalue weighted by Crippen LogP contribution is -2.40. The summed E-state index contributed by atoms with van der Waals surface area (Å²) in [5.74, 6) is -0.0284. The standard InChI is InChI=1S/C12H12ClN3O2/c13-9-1-2-14-10-8(7-15-11(9)10)12(17)16-3-5-18-6-4-16/h1-2,7,15H,3-6H2. The van der Waals surface area contributed by atoms with Gasteiger partial charge in [0, 0.05) is 25.5 Å². The van der Waals surface area contributed by atoms with E-state index in [9.17, 15) is 4.79 Å². The predicted molar refractivity (Wildman–Crippen MR) is 67.8 cm³/mol. The number of carbonyl (C=O) groups excluding carboxylic acids is 1. The van der Waals surface area contributed by atoms with Crippen molar-refractivity contribution >= 4 is 28.5 Å². The quantitative estimate of drug-likeness (QED) is 0.854. The molecule has 2 aromatic rings. The van der Waals surface area contributed by atoms with Crippen LogP contribution in [0.2, 0.25) is 5.02 Å². The van der Waals surface area contributed by atoms with Crippen LogP contribution < -0.4 is 0 Å². The second-order valence-corrected chi connectivity index (χ2v) is 4.53. The molecule has 1 fully saturated rings. The van der Waals surface area contributed by atoms with Gasteiger partial charge in [-0.25, -0.2) is 0 Å². The molecule has 2 aromatic heterocycles. The van der Waals surface area contributed by atoms with E-state index >= 15 is 0 Å². The van der Waals surface area contributed by atoms with E-state index in [0.717, 1.165) is 0 Å². The van der Waals surface area contributed by atoms with Gasteiger partial charge < -0.3 is 14.6 Å². The minimum absolute atomic E-state index is 0.0284. The number of nitrogens with zero attached hydrogens (tertiary/aromatic N) is 2. The Bertz CT molecular complexity index is 590. The number of H-pyrrole nitrogens is 1. The summed E-state index contributed by atoms with van der Waals surface area (Å²) >= 11 is 6.04. The molecule has 5 nitrogen and oxygen atoms in total. The monoisotopic (exact) mass is 265 g/mol. The molecule has 1 aliphatic rings. The average Bonchev–Trinajstić information content (AvgIpc) is 2.84. The van der Waals surface area contributed by atoms with Crippen LogP contribution in [-0.4, -0.2) is 47.1 Å². The number of hydrogen-bond acceptors (Lipinski definition) is 3. The fourth-order valence-electron chi connectivity index (χ4n) is 2.09. The van der Waals surface area contributed by atoms with Gasteiger partial charge in [0.1, 0.15) is 5.52 Å². The number of carbonyl (C=O) groups is 1. The third-order valence-electron chi connectivity index (χ3n) is 3.04. The Morgan fingerprint density at radius 3 is 3.00 bits per heavy atom. The number of morpholine rings is 1. The summed E-state index contributed by atoms with van der Waals surface area (Å²) in [6.45, 7) is 2.41. The van der Waals surface area contributed by atoms with E-state index in [1.165, 1.54) is 0 Å². The number of fused-ring (bicyclic) bond motifs is 1. The Balaban J connectivity index is 1.98. The molecule has 94 valence electrons. The van der Waals surface area contributed by atoms with Crippen LogP contribution >= 0.6 is 11.6 Å². The van der Waals surface area contributed by atoms with Crippen LogP contribution in [0.4, 0.5) is 0 Å². The molecule has 0 aliphatic carbocycles. The summed E-state index contributed by atoms with van der Waals surface area (Å²) in [6, 6.07) is 1.70. The summed E-state index contributed by atoms with van der Waals surface area (Å²) in [5.41, 5.74) is 1.89. The van der Waals surface area contributed by atoms with Crippen molar-refractivity contribution in [1.82, 2.24) is 14.9 Å². The van der Waals surface area contributed by atoms with Crippen molar-refractivity contribution in [3.05, 3.63) is 29.0 Å². The maximum Gasteiger partial charge on any atom is 0.257 e. The molecule has 3 heterocycles. The second-order valence-electron chi connectivity index (χ2n) is 4.12. The average molecular weight is 266 g/mol. The molecule has 1 amide bonds. The Labute approximate surface area is 109 Å². The maximum absolute atomic E-state index is 12.4. The number of aromatic nitrogens is 2. The van der Waals surface area contributed by atoms with Crippen LogP contribution in [0.25, 0.3) is 11.0 Å². The SMILES string of the molecule is O=C(c1c[nH]c2c(Cl)ccnc12)N1CCOCC1. The van der Waals surface area contributed by atoms with E-state index in [2.05, 4.69) is 9.97 Å². The number of hydrogen-bond donors (Lipinski definition) is 1. The lowest BCUT2D eigenvalue weighted by Gasteiger charge is -2.26. The first-order valence-corrected chi connectivity index (χ1v) is 6.14. The van der Waals surface area contributed by atoms with E-state index < -0.39 is 0 Å². The summed E-state index contributed by atoms with van der Waals surface area (Å²) in [6.07, 6.45) is 3.27. The Morgan fingerprint density at radius 2 is 2.22 bits per heavy atom. The van der Waals surface area contributed by atoms with Crippen molar-refractivity contribution in [2.75, 3.05) is 26.3 Å². The van der Waals surface area contributed by atoms with Crippen LogP contribution in [0.5, 0.6) is 0 Å². The molecule has 3 rings (SSSR count). The molecule has 6 heteroatoms. The lowest BCUT2D eigenvalue weighted by atomic mass is 10.2. The molecule has 1 aliphatic heterocycles. The van der Waals surface area contributed by atoms with Gasteiger partial charge in [0.25, 0.3) is 5.91 Å². The van der Waals surface area contributed by atoms with E-state index in [4.69, 9.17) is 16.3 Å². The van der Waals surface area contributed by atoms with Crippen molar-refractivity contribution in [3.8, 4) is 0 Å². The molecule has 0 radical (unpaired) electrons. The van der Waals surface area contributed by atoms with Gasteiger partial charge in [0.15, 0.2) is 0 Å². The van der Waals surface area contributed by atoms with Crippen LogP contribution in [-0.2, 0) is 4.74 Å². The van der Waals surface area contributed by atoms with E-state index in [0.29, 0.717) is 47.9 Å². The van der Waals surface area contributed by atoms with Gasteiger partial charge >= 0.3 is 0 Å². The number of nitrogens with one attached hydrogen (secondary N) is 1. The lowest BCUT2D eigenvalue weighted by molar-refractivity contribution is 0.0304.